The number of allylic oxidation sites excluding steroid dienone is 4. The molecule has 0 aliphatic heterocycles. The third-order valence-corrected chi connectivity index (χ3v) is 2.29. The van der Waals surface area contributed by atoms with Gasteiger partial charge in [-0.25, -0.2) is 0 Å². The molecule has 0 bridgehead atoms. The van der Waals surface area contributed by atoms with Gasteiger partial charge < -0.3 is 14.8 Å². The summed E-state index contributed by atoms with van der Waals surface area (Å²) in [6.07, 6.45) is 8.26. The lowest BCUT2D eigenvalue weighted by Crippen LogP contribution is -2.35. The Morgan fingerprint density at radius 3 is 2.56 bits per heavy atom. The molecule has 0 heterocycles. The molecule has 0 saturated heterocycles. The van der Waals surface area contributed by atoms with Crippen LogP contribution in [0.1, 0.15) is 20.8 Å². The van der Waals surface area contributed by atoms with E-state index in [9.17, 15) is 4.79 Å². The van der Waals surface area contributed by atoms with Crippen molar-refractivity contribution in [2.24, 2.45) is 5.92 Å². The molecule has 0 fully saturated rings. The molecule has 0 aliphatic rings. The van der Waals surface area contributed by atoms with Gasteiger partial charge in [-0.1, -0.05) is 44.7 Å². The van der Waals surface area contributed by atoms with Crippen LogP contribution in [0.3, 0.4) is 0 Å². The number of carbonyl (C=O) groups is 1. The van der Waals surface area contributed by atoms with E-state index in [1.165, 1.54) is 0 Å². The second kappa shape index (κ2) is 9.28. The molecule has 0 rings (SSSR count). The van der Waals surface area contributed by atoms with Crippen LogP contribution in [0.15, 0.2) is 48.9 Å². The van der Waals surface area contributed by atoms with Crippen molar-refractivity contribution < 1.29 is 9.53 Å². The van der Waals surface area contributed by atoms with Crippen molar-refractivity contribution in [3.05, 3.63) is 48.9 Å². The minimum atomic E-state index is -0.262. The zero-order chi connectivity index (χ0) is 14.0. The Hall–Kier alpha value is -1.77. The van der Waals surface area contributed by atoms with E-state index in [1.807, 2.05) is 39.0 Å². The van der Waals surface area contributed by atoms with E-state index in [1.54, 1.807) is 6.08 Å². The summed E-state index contributed by atoms with van der Waals surface area (Å²) in [5.74, 6) is 0.622. The Labute approximate surface area is 110 Å². The van der Waals surface area contributed by atoms with Gasteiger partial charge in [0, 0.05) is 0 Å². The number of carbonyl (C=O) groups excluding carboxylic acids is 1. The van der Waals surface area contributed by atoms with Crippen LogP contribution < -0.4 is 5.32 Å². The Balaban J connectivity index is 4.10. The standard InChI is InChI=1S/C15H23NO2/c1-6-7-8-9-13(4)11-18-14(5)16-15(10-17)12(2)3/h6-10,12,15-16H,1,5,11H2,2-4H3/b8-7-,13-9+. The van der Waals surface area contributed by atoms with Crippen LogP contribution in [0, 0.1) is 5.92 Å². The SMILES string of the molecule is C=C/C=C\C=C(/C)COC(=C)NC(C=O)C(C)C. The Bertz CT molecular complexity index is 340. The van der Waals surface area contributed by atoms with Crippen LogP contribution in [-0.2, 0) is 9.53 Å². The predicted octanol–water partition coefficient (Wildman–Crippen LogP) is 2.98. The average molecular weight is 249 g/mol. The van der Waals surface area contributed by atoms with Gasteiger partial charge in [-0.2, -0.15) is 0 Å². The van der Waals surface area contributed by atoms with Gasteiger partial charge >= 0.3 is 0 Å². The summed E-state index contributed by atoms with van der Waals surface area (Å²) in [5.41, 5.74) is 1.06. The molecule has 0 spiro atoms. The molecule has 0 amide bonds. The number of hydrogen-bond acceptors (Lipinski definition) is 3. The number of rotatable bonds is 9. The smallest absolute Gasteiger partial charge is 0.180 e. The monoisotopic (exact) mass is 249 g/mol. The second-order valence-electron chi connectivity index (χ2n) is 4.40. The molecule has 18 heavy (non-hydrogen) atoms. The topological polar surface area (TPSA) is 38.3 Å². The van der Waals surface area contributed by atoms with E-state index >= 15 is 0 Å². The van der Waals surface area contributed by atoms with Crippen LogP contribution in [0.25, 0.3) is 0 Å². The molecule has 0 aliphatic carbocycles. The summed E-state index contributed by atoms with van der Waals surface area (Å²) in [4.78, 5) is 10.8. The summed E-state index contributed by atoms with van der Waals surface area (Å²) in [5, 5.41) is 2.94. The van der Waals surface area contributed by atoms with Gasteiger partial charge in [-0.3, -0.25) is 0 Å². The molecule has 1 atom stereocenters. The van der Waals surface area contributed by atoms with Crippen LogP contribution in [0.2, 0.25) is 0 Å². The average Bonchev–Trinajstić information content (AvgIpc) is 2.33. The first-order chi connectivity index (χ1) is 8.51. The number of ether oxygens (including phenoxy) is 1. The molecule has 3 heteroatoms. The van der Waals surface area contributed by atoms with Gasteiger partial charge in [0.1, 0.15) is 12.9 Å². The van der Waals surface area contributed by atoms with Crippen molar-refractivity contribution in [2.75, 3.05) is 6.61 Å². The van der Waals surface area contributed by atoms with Gasteiger partial charge in [0.15, 0.2) is 5.88 Å². The van der Waals surface area contributed by atoms with Crippen molar-refractivity contribution in [1.29, 1.82) is 0 Å². The van der Waals surface area contributed by atoms with Crippen LogP contribution in [-0.4, -0.2) is 18.9 Å². The van der Waals surface area contributed by atoms with Crippen molar-refractivity contribution in [1.82, 2.24) is 5.32 Å². The molecule has 0 aromatic heterocycles. The van der Waals surface area contributed by atoms with Gasteiger partial charge in [0.25, 0.3) is 0 Å². The number of nitrogens with one attached hydrogen (secondary N) is 1. The van der Waals surface area contributed by atoms with E-state index in [2.05, 4.69) is 18.5 Å². The first-order valence-corrected chi connectivity index (χ1v) is 5.99. The van der Waals surface area contributed by atoms with Crippen molar-refractivity contribution in [3.63, 3.8) is 0 Å². The van der Waals surface area contributed by atoms with Crippen molar-refractivity contribution in [2.45, 2.75) is 26.8 Å². The normalized spacial score (nSPS) is 13.4. The molecule has 0 aromatic rings. The molecule has 100 valence electrons. The molecular formula is C15H23NO2. The van der Waals surface area contributed by atoms with Crippen LogP contribution in [0.4, 0.5) is 0 Å². The molecule has 0 radical (unpaired) electrons. The van der Waals surface area contributed by atoms with E-state index in [0.717, 1.165) is 11.9 Å². The number of aldehydes is 1. The van der Waals surface area contributed by atoms with E-state index in [0.29, 0.717) is 12.5 Å². The highest BCUT2D eigenvalue weighted by atomic mass is 16.5. The minimum Gasteiger partial charge on any atom is -0.475 e. The zero-order valence-electron chi connectivity index (χ0n) is 11.5. The lowest BCUT2D eigenvalue weighted by atomic mass is 10.1. The first-order valence-electron chi connectivity index (χ1n) is 5.99. The van der Waals surface area contributed by atoms with Crippen LogP contribution >= 0.6 is 0 Å². The van der Waals surface area contributed by atoms with E-state index in [-0.39, 0.29) is 12.0 Å². The van der Waals surface area contributed by atoms with Gasteiger partial charge in [0.05, 0.1) is 6.04 Å². The Morgan fingerprint density at radius 1 is 1.39 bits per heavy atom. The third-order valence-electron chi connectivity index (χ3n) is 2.29. The van der Waals surface area contributed by atoms with Crippen molar-refractivity contribution >= 4 is 6.29 Å². The summed E-state index contributed by atoms with van der Waals surface area (Å²) in [6, 6.07) is -0.262. The van der Waals surface area contributed by atoms with Gasteiger partial charge in [-0.15, -0.1) is 0 Å². The largest absolute Gasteiger partial charge is 0.475 e. The lowest BCUT2D eigenvalue weighted by Gasteiger charge is -2.19. The maximum atomic E-state index is 10.8. The highest BCUT2D eigenvalue weighted by molar-refractivity contribution is 5.58. The minimum absolute atomic E-state index is 0.204. The predicted molar refractivity (Wildman–Crippen MR) is 76.0 cm³/mol. The van der Waals surface area contributed by atoms with Gasteiger partial charge in [-0.05, 0) is 25.0 Å². The summed E-state index contributed by atoms with van der Waals surface area (Å²) < 4.78 is 5.42. The number of hydrogen-bond donors (Lipinski definition) is 1. The second-order valence-corrected chi connectivity index (χ2v) is 4.40. The fraction of sp³-hybridized carbons (Fsp3) is 0.400. The summed E-state index contributed by atoms with van der Waals surface area (Å²) >= 11 is 0. The summed E-state index contributed by atoms with van der Waals surface area (Å²) in [7, 11) is 0. The maximum Gasteiger partial charge on any atom is 0.180 e. The highest BCUT2D eigenvalue weighted by Gasteiger charge is 2.12. The van der Waals surface area contributed by atoms with Crippen molar-refractivity contribution in [3.8, 4) is 0 Å². The maximum absolute atomic E-state index is 10.8. The van der Waals surface area contributed by atoms with E-state index < -0.39 is 0 Å². The molecule has 3 nitrogen and oxygen atoms in total. The lowest BCUT2D eigenvalue weighted by molar-refractivity contribution is -0.110. The molecule has 0 aromatic carbocycles. The zero-order valence-corrected chi connectivity index (χ0v) is 11.5. The molecule has 0 saturated carbocycles. The Morgan fingerprint density at radius 2 is 2.06 bits per heavy atom. The fourth-order valence-corrected chi connectivity index (χ4v) is 1.13. The van der Waals surface area contributed by atoms with Gasteiger partial charge in [0.2, 0.25) is 0 Å². The highest BCUT2D eigenvalue weighted by Crippen LogP contribution is 2.03. The first kappa shape index (κ1) is 16.2. The molecule has 1 N–H and O–H groups in total. The fourth-order valence-electron chi connectivity index (χ4n) is 1.13. The Kier molecular flexibility index (Phi) is 8.37. The van der Waals surface area contributed by atoms with Crippen LogP contribution in [0.5, 0.6) is 0 Å². The van der Waals surface area contributed by atoms with E-state index in [4.69, 9.17) is 4.74 Å². The third kappa shape index (κ3) is 7.49. The summed E-state index contributed by atoms with van der Waals surface area (Å²) in [6.45, 7) is 13.7. The quantitative estimate of drug-likeness (QED) is 0.388. The molecule has 1 unspecified atom stereocenters. The molecular weight excluding hydrogens is 226 g/mol.